The second kappa shape index (κ2) is 7.51. The Morgan fingerprint density at radius 2 is 1.94 bits per heavy atom. The first-order valence-electron chi connectivity index (χ1n) is 10.3. The summed E-state index contributed by atoms with van der Waals surface area (Å²) in [4.78, 5) is 13.2. The summed E-state index contributed by atoms with van der Waals surface area (Å²) in [7, 11) is -3.11. The molecule has 2 N–H and O–H groups in total. The van der Waals surface area contributed by atoms with Crippen molar-refractivity contribution in [3.8, 4) is 0 Å². The highest BCUT2D eigenvalue weighted by Gasteiger charge is 2.55. The Labute approximate surface area is 187 Å². The van der Waals surface area contributed by atoms with Crippen molar-refractivity contribution in [1.29, 1.82) is 4.78 Å². The summed E-state index contributed by atoms with van der Waals surface area (Å²) in [6.07, 6.45) is -3.68. The van der Waals surface area contributed by atoms with Crippen molar-refractivity contribution in [2.24, 2.45) is 5.41 Å². The van der Waals surface area contributed by atoms with Gasteiger partial charge in [0.25, 0.3) is 5.91 Å². The number of anilines is 1. The smallest absolute Gasteiger partial charge is 0.321 e. The molecule has 1 heterocycles. The molecule has 0 saturated heterocycles. The molecule has 0 radical (unpaired) electrons. The predicted octanol–water partition coefficient (Wildman–Crippen LogP) is 5.50. The molecule has 1 amide bonds. The van der Waals surface area contributed by atoms with Crippen molar-refractivity contribution in [2.45, 2.75) is 62.1 Å². The molecule has 4 rings (SSSR count). The summed E-state index contributed by atoms with van der Waals surface area (Å²) in [6.45, 7) is 1.28. The van der Waals surface area contributed by atoms with E-state index in [2.05, 4.69) is 10.4 Å². The number of rotatable bonds is 6. The van der Waals surface area contributed by atoms with Crippen LogP contribution in [-0.2, 0) is 22.5 Å². The second-order valence-corrected chi connectivity index (χ2v) is 11.5. The molecule has 180 valence electrons. The summed E-state index contributed by atoms with van der Waals surface area (Å²) in [6, 6.07) is 5.50. The van der Waals surface area contributed by atoms with Crippen LogP contribution in [-0.4, -0.2) is 32.1 Å². The van der Waals surface area contributed by atoms with Crippen LogP contribution in [0.5, 0.6) is 0 Å². The molecule has 2 fully saturated rings. The van der Waals surface area contributed by atoms with Crippen LogP contribution in [0.4, 0.5) is 27.6 Å². The van der Waals surface area contributed by atoms with Crippen LogP contribution in [0.25, 0.3) is 0 Å². The lowest BCUT2D eigenvalue weighted by molar-refractivity contribution is -0.160. The van der Waals surface area contributed by atoms with Gasteiger partial charge in [0.2, 0.25) is 5.92 Å². The van der Waals surface area contributed by atoms with E-state index in [-0.39, 0.29) is 22.8 Å². The normalized spacial score (nSPS) is 21.2. The third-order valence-corrected chi connectivity index (χ3v) is 7.04. The van der Waals surface area contributed by atoms with Gasteiger partial charge in [-0.05, 0) is 36.5 Å². The Morgan fingerprint density at radius 3 is 2.45 bits per heavy atom. The highest BCUT2D eigenvalue weighted by Crippen LogP contribution is 2.53. The molecule has 2 aliphatic rings. The number of amides is 1. The van der Waals surface area contributed by atoms with E-state index in [4.69, 9.17) is 4.78 Å². The molecule has 2 aromatic rings. The lowest BCUT2D eigenvalue weighted by atomic mass is 9.67. The van der Waals surface area contributed by atoms with Gasteiger partial charge in [-0.2, -0.15) is 18.3 Å². The van der Waals surface area contributed by atoms with Gasteiger partial charge < -0.3 is 5.32 Å². The quantitative estimate of drug-likeness (QED) is 0.524. The Morgan fingerprint density at radius 1 is 1.30 bits per heavy atom. The number of carbonyl (C=O) groups is 1. The number of benzene rings is 1. The van der Waals surface area contributed by atoms with Gasteiger partial charge in [0.15, 0.2) is 0 Å². The average molecular weight is 490 g/mol. The van der Waals surface area contributed by atoms with E-state index in [0.717, 1.165) is 4.68 Å². The van der Waals surface area contributed by atoms with E-state index >= 15 is 0 Å². The minimum atomic E-state index is -4.87. The van der Waals surface area contributed by atoms with Gasteiger partial charge in [-0.15, -0.1) is 0 Å². The molecular weight excluding hydrogens is 467 g/mol. The van der Waals surface area contributed by atoms with Crippen LogP contribution in [0.2, 0.25) is 0 Å². The van der Waals surface area contributed by atoms with Gasteiger partial charge in [0, 0.05) is 42.1 Å². The van der Waals surface area contributed by atoms with Crippen LogP contribution in [0, 0.1) is 10.2 Å². The van der Waals surface area contributed by atoms with Crippen molar-refractivity contribution >= 4 is 21.3 Å². The summed E-state index contributed by atoms with van der Waals surface area (Å²) < 4.78 is 89.8. The topological polar surface area (TPSA) is 87.8 Å². The number of halogens is 5. The van der Waals surface area contributed by atoms with Crippen molar-refractivity contribution in [1.82, 2.24) is 9.78 Å². The first kappa shape index (κ1) is 23.7. The van der Waals surface area contributed by atoms with E-state index in [1.54, 1.807) is 0 Å². The first-order chi connectivity index (χ1) is 15.1. The fourth-order valence-electron chi connectivity index (χ4n) is 4.42. The second-order valence-electron chi connectivity index (χ2n) is 9.38. The first-order valence-corrected chi connectivity index (χ1v) is 12.3. The molecule has 33 heavy (non-hydrogen) atoms. The number of carbonyl (C=O) groups excluding carboxylic acids is 1. The van der Waals surface area contributed by atoms with Crippen LogP contribution in [0.1, 0.15) is 60.3 Å². The molecule has 2 saturated carbocycles. The standard InChI is InChI=1S/C21H23F5N4O2S/c1-19(9-20(22,23)10-19)11-30-17(15(21(24,25)26)16(29-30)12-6-7-12)18(31)28-13-4-3-5-14(8-13)33(2,27)32/h3-5,8,12,27H,6-7,9-11H2,1-2H3,(H,28,31)/t33-/m0/s1. The Balaban J connectivity index is 1.74. The van der Waals surface area contributed by atoms with Gasteiger partial charge in [0.05, 0.1) is 15.4 Å². The maximum absolute atomic E-state index is 14.1. The molecular formula is C21H23F5N4O2S. The number of nitrogens with one attached hydrogen (secondary N) is 2. The van der Waals surface area contributed by atoms with Crippen molar-refractivity contribution < 1.29 is 31.0 Å². The predicted molar refractivity (Wildman–Crippen MR) is 111 cm³/mol. The van der Waals surface area contributed by atoms with Gasteiger partial charge in [-0.25, -0.2) is 17.8 Å². The number of aromatic nitrogens is 2. The van der Waals surface area contributed by atoms with Crippen LogP contribution in [0.3, 0.4) is 0 Å². The summed E-state index contributed by atoms with van der Waals surface area (Å²) in [5.41, 5.74) is -3.04. The number of hydrogen-bond donors (Lipinski definition) is 2. The lowest BCUT2D eigenvalue weighted by Gasteiger charge is -2.44. The summed E-state index contributed by atoms with van der Waals surface area (Å²) >= 11 is 0. The Kier molecular flexibility index (Phi) is 5.38. The fourth-order valence-corrected chi connectivity index (χ4v) is 5.11. The van der Waals surface area contributed by atoms with E-state index < -0.39 is 63.2 Å². The molecule has 1 aromatic heterocycles. The SMILES string of the molecule is CC1(Cn2nc(C3CC3)c(C(F)(F)F)c2C(=O)Nc2cccc([S@@](C)(=N)=O)c2)CC(F)(F)C1. The summed E-state index contributed by atoms with van der Waals surface area (Å²) in [5.74, 6) is -4.41. The van der Waals surface area contributed by atoms with Gasteiger partial charge >= 0.3 is 6.18 Å². The van der Waals surface area contributed by atoms with Crippen molar-refractivity contribution in [3.05, 3.63) is 41.2 Å². The monoisotopic (exact) mass is 490 g/mol. The maximum atomic E-state index is 14.1. The van der Waals surface area contributed by atoms with Crippen molar-refractivity contribution in [2.75, 3.05) is 11.6 Å². The molecule has 2 aliphatic carbocycles. The zero-order valence-electron chi connectivity index (χ0n) is 17.9. The van der Waals surface area contributed by atoms with E-state index in [9.17, 15) is 31.0 Å². The van der Waals surface area contributed by atoms with Crippen molar-refractivity contribution in [3.63, 3.8) is 0 Å². The van der Waals surface area contributed by atoms with Crippen LogP contribution < -0.4 is 5.32 Å². The zero-order chi connectivity index (χ0) is 24.4. The highest BCUT2D eigenvalue weighted by molar-refractivity contribution is 7.91. The minimum Gasteiger partial charge on any atom is -0.321 e. The molecule has 12 heteroatoms. The largest absolute Gasteiger partial charge is 0.420 e. The van der Waals surface area contributed by atoms with Gasteiger partial charge in [0.1, 0.15) is 11.3 Å². The molecule has 0 aliphatic heterocycles. The molecule has 1 atom stereocenters. The molecule has 0 unspecified atom stereocenters. The number of nitrogens with zero attached hydrogens (tertiary/aromatic N) is 2. The van der Waals surface area contributed by atoms with Crippen LogP contribution >= 0.6 is 0 Å². The fraction of sp³-hybridized carbons (Fsp3) is 0.524. The summed E-state index contributed by atoms with van der Waals surface area (Å²) in [5, 5.41) is 6.47. The van der Waals surface area contributed by atoms with E-state index in [1.165, 1.54) is 37.4 Å². The number of alkyl halides is 5. The van der Waals surface area contributed by atoms with Crippen LogP contribution in [0.15, 0.2) is 29.2 Å². The highest BCUT2D eigenvalue weighted by atomic mass is 32.2. The van der Waals surface area contributed by atoms with E-state index in [1.807, 2.05) is 0 Å². The Hall–Kier alpha value is -2.50. The zero-order valence-corrected chi connectivity index (χ0v) is 18.7. The van der Waals surface area contributed by atoms with E-state index in [0.29, 0.717) is 12.8 Å². The Bertz CT molecular complexity index is 1210. The molecule has 0 bridgehead atoms. The lowest BCUT2D eigenvalue weighted by Crippen LogP contribution is -2.47. The molecule has 1 aromatic carbocycles. The number of hydrogen-bond acceptors (Lipinski definition) is 4. The average Bonchev–Trinajstić information content (AvgIpc) is 3.39. The van der Waals surface area contributed by atoms with Gasteiger partial charge in [-0.1, -0.05) is 13.0 Å². The molecule has 0 spiro atoms. The maximum Gasteiger partial charge on any atom is 0.420 e. The minimum absolute atomic E-state index is 0.0644. The third kappa shape index (κ3) is 4.90. The third-order valence-electron chi connectivity index (χ3n) is 5.89. The van der Waals surface area contributed by atoms with Gasteiger partial charge in [-0.3, -0.25) is 9.48 Å². The molecule has 6 nitrogen and oxygen atoms in total.